The van der Waals surface area contributed by atoms with Gasteiger partial charge in [-0.05, 0) is 48.9 Å². The zero-order chi connectivity index (χ0) is 25.3. The van der Waals surface area contributed by atoms with Crippen molar-refractivity contribution >= 4 is 35.0 Å². The van der Waals surface area contributed by atoms with Crippen LogP contribution < -0.4 is 15.5 Å². The van der Waals surface area contributed by atoms with Crippen LogP contribution >= 0.6 is 0 Å². The number of aryl methyl sites for hydroxylation is 1. The number of nitrogens with one attached hydrogen (secondary N) is 2. The highest BCUT2D eigenvalue weighted by atomic mass is 19.4. The van der Waals surface area contributed by atoms with Crippen molar-refractivity contribution in [1.82, 2.24) is 5.32 Å². The lowest BCUT2D eigenvalue weighted by Crippen LogP contribution is -2.34. The maximum Gasteiger partial charge on any atom is 0.405 e. The van der Waals surface area contributed by atoms with Gasteiger partial charge in [-0.3, -0.25) is 19.2 Å². The minimum absolute atomic E-state index is 0.0124. The molecule has 3 aromatic rings. The van der Waals surface area contributed by atoms with Crippen molar-refractivity contribution in [3.05, 3.63) is 94.5 Å². The molecule has 1 aliphatic heterocycles. The fourth-order valence-corrected chi connectivity index (χ4v) is 3.68. The molecule has 2 N–H and O–H groups in total. The Bertz CT molecular complexity index is 1370. The standard InChI is InChI=1S/C25H18F3N3O4/c1-14-6-2-5-9-20(14)31-23(34)16-11-10-15(12-18(16)24(31)35)21(32)30-19-8-4-3-7-17(19)22(33)29-13-25(26,27)28/h2-12H,13H2,1H3,(H,29,33)(H,30,32). The number of carbonyl (C=O) groups is 4. The lowest BCUT2D eigenvalue weighted by Gasteiger charge is -2.16. The summed E-state index contributed by atoms with van der Waals surface area (Å²) >= 11 is 0. The summed E-state index contributed by atoms with van der Waals surface area (Å²) in [5.74, 6) is -2.82. The zero-order valence-corrected chi connectivity index (χ0v) is 18.3. The largest absolute Gasteiger partial charge is 0.405 e. The van der Waals surface area contributed by atoms with E-state index in [-0.39, 0.29) is 27.9 Å². The van der Waals surface area contributed by atoms with E-state index in [1.807, 2.05) is 0 Å². The van der Waals surface area contributed by atoms with Crippen molar-refractivity contribution in [2.45, 2.75) is 13.1 Å². The number of amides is 4. The van der Waals surface area contributed by atoms with E-state index in [0.29, 0.717) is 5.69 Å². The molecule has 0 radical (unpaired) electrons. The van der Waals surface area contributed by atoms with E-state index < -0.39 is 36.3 Å². The van der Waals surface area contributed by atoms with E-state index in [0.717, 1.165) is 10.5 Å². The number of para-hydroxylation sites is 2. The van der Waals surface area contributed by atoms with Gasteiger partial charge in [-0.25, -0.2) is 4.90 Å². The van der Waals surface area contributed by atoms with Gasteiger partial charge in [0.1, 0.15) is 6.54 Å². The van der Waals surface area contributed by atoms with E-state index >= 15 is 0 Å². The van der Waals surface area contributed by atoms with E-state index in [9.17, 15) is 32.3 Å². The van der Waals surface area contributed by atoms with Crippen molar-refractivity contribution in [3.8, 4) is 0 Å². The number of carbonyl (C=O) groups excluding carboxylic acids is 4. The number of imide groups is 1. The van der Waals surface area contributed by atoms with Gasteiger partial charge in [0.25, 0.3) is 23.6 Å². The van der Waals surface area contributed by atoms with Crippen molar-refractivity contribution in [2.75, 3.05) is 16.8 Å². The molecule has 0 aliphatic carbocycles. The number of nitrogens with zero attached hydrogens (tertiary/aromatic N) is 1. The van der Waals surface area contributed by atoms with Gasteiger partial charge in [0, 0.05) is 5.56 Å². The second kappa shape index (κ2) is 9.05. The topological polar surface area (TPSA) is 95.6 Å². The summed E-state index contributed by atoms with van der Waals surface area (Å²) in [4.78, 5) is 52.0. The van der Waals surface area contributed by atoms with Gasteiger partial charge in [0.05, 0.1) is 28.1 Å². The van der Waals surface area contributed by atoms with Crippen LogP contribution in [0.1, 0.15) is 47.0 Å². The van der Waals surface area contributed by atoms with Crippen LogP contribution in [0.5, 0.6) is 0 Å². The summed E-state index contributed by atoms with van der Waals surface area (Å²) in [5, 5.41) is 4.24. The fraction of sp³-hybridized carbons (Fsp3) is 0.120. The summed E-state index contributed by atoms with van der Waals surface area (Å²) < 4.78 is 37.4. The van der Waals surface area contributed by atoms with Gasteiger partial charge in [0.15, 0.2) is 0 Å². The molecule has 0 aromatic heterocycles. The third-order valence-corrected chi connectivity index (χ3v) is 5.37. The highest BCUT2D eigenvalue weighted by molar-refractivity contribution is 6.35. The molecule has 35 heavy (non-hydrogen) atoms. The van der Waals surface area contributed by atoms with Crippen LogP contribution in [0.25, 0.3) is 0 Å². The number of rotatable bonds is 5. The molecule has 0 unspecified atom stereocenters. The summed E-state index contributed by atoms with van der Waals surface area (Å²) in [6.07, 6.45) is -4.59. The minimum atomic E-state index is -4.59. The SMILES string of the molecule is Cc1ccccc1N1C(=O)c2ccc(C(=O)Nc3ccccc3C(=O)NCC(F)(F)F)cc2C1=O. The summed E-state index contributed by atoms with van der Waals surface area (Å²) in [5.41, 5.74) is 1.19. The van der Waals surface area contributed by atoms with Gasteiger partial charge in [-0.2, -0.15) is 13.2 Å². The second-order valence-electron chi connectivity index (χ2n) is 7.79. The van der Waals surface area contributed by atoms with E-state index in [2.05, 4.69) is 5.32 Å². The van der Waals surface area contributed by atoms with Gasteiger partial charge in [-0.15, -0.1) is 0 Å². The molecular formula is C25H18F3N3O4. The predicted molar refractivity (Wildman–Crippen MR) is 122 cm³/mol. The minimum Gasteiger partial charge on any atom is -0.343 e. The first kappa shape index (κ1) is 23.7. The first-order chi connectivity index (χ1) is 16.6. The fourth-order valence-electron chi connectivity index (χ4n) is 3.68. The van der Waals surface area contributed by atoms with Gasteiger partial charge >= 0.3 is 6.18 Å². The zero-order valence-electron chi connectivity index (χ0n) is 18.3. The number of benzene rings is 3. The number of halogens is 3. The molecule has 4 amide bonds. The van der Waals surface area contributed by atoms with Crippen molar-refractivity contribution < 1.29 is 32.3 Å². The molecule has 10 heteroatoms. The lowest BCUT2D eigenvalue weighted by molar-refractivity contribution is -0.123. The van der Waals surface area contributed by atoms with Crippen LogP contribution in [0, 0.1) is 6.92 Å². The lowest BCUT2D eigenvalue weighted by atomic mass is 10.0. The third kappa shape index (κ3) is 4.77. The predicted octanol–water partition coefficient (Wildman–Crippen LogP) is 4.34. The highest BCUT2D eigenvalue weighted by Gasteiger charge is 2.37. The van der Waals surface area contributed by atoms with Crippen LogP contribution in [0.15, 0.2) is 66.7 Å². The molecule has 4 rings (SSSR count). The van der Waals surface area contributed by atoms with E-state index in [1.54, 1.807) is 36.5 Å². The number of hydrogen-bond acceptors (Lipinski definition) is 4. The molecule has 1 heterocycles. The number of alkyl halides is 3. The second-order valence-corrected chi connectivity index (χ2v) is 7.79. The molecule has 0 spiro atoms. The van der Waals surface area contributed by atoms with Gasteiger partial charge in [-0.1, -0.05) is 30.3 Å². The molecule has 178 valence electrons. The quantitative estimate of drug-likeness (QED) is 0.530. The van der Waals surface area contributed by atoms with Crippen LogP contribution in [0.4, 0.5) is 24.5 Å². The van der Waals surface area contributed by atoms with Crippen LogP contribution in [-0.4, -0.2) is 36.3 Å². The Morgan fingerprint density at radius 2 is 1.51 bits per heavy atom. The molecule has 0 atom stereocenters. The van der Waals surface area contributed by atoms with Crippen molar-refractivity contribution in [1.29, 1.82) is 0 Å². The monoisotopic (exact) mass is 481 g/mol. The Balaban J connectivity index is 1.57. The first-order valence-corrected chi connectivity index (χ1v) is 10.4. The smallest absolute Gasteiger partial charge is 0.343 e. The maximum absolute atomic E-state index is 13.0. The van der Waals surface area contributed by atoms with Crippen molar-refractivity contribution in [3.63, 3.8) is 0 Å². The molecule has 0 fully saturated rings. The molecule has 3 aromatic carbocycles. The van der Waals surface area contributed by atoms with Gasteiger partial charge in [0.2, 0.25) is 0 Å². The summed E-state index contributed by atoms with van der Waals surface area (Å²) in [7, 11) is 0. The van der Waals surface area contributed by atoms with Crippen molar-refractivity contribution in [2.24, 2.45) is 0 Å². The molecule has 1 aliphatic rings. The average molecular weight is 481 g/mol. The first-order valence-electron chi connectivity index (χ1n) is 10.4. The Kier molecular flexibility index (Phi) is 6.12. The third-order valence-electron chi connectivity index (χ3n) is 5.37. The van der Waals surface area contributed by atoms with E-state index in [4.69, 9.17) is 0 Å². The average Bonchev–Trinajstić information content (AvgIpc) is 3.07. The number of fused-ring (bicyclic) bond motifs is 1. The number of hydrogen-bond donors (Lipinski definition) is 2. The molecule has 0 saturated carbocycles. The van der Waals surface area contributed by atoms with Gasteiger partial charge < -0.3 is 10.6 Å². The summed E-state index contributed by atoms with van der Waals surface area (Å²) in [6, 6.07) is 16.5. The molecule has 0 bridgehead atoms. The Morgan fingerprint density at radius 3 is 2.23 bits per heavy atom. The van der Waals surface area contributed by atoms with Crippen LogP contribution in [0.2, 0.25) is 0 Å². The van der Waals surface area contributed by atoms with Crippen LogP contribution in [-0.2, 0) is 0 Å². The normalized spacial score (nSPS) is 13.0. The molecule has 0 saturated heterocycles. The summed E-state index contributed by atoms with van der Waals surface area (Å²) in [6.45, 7) is 0.243. The molecule has 7 nitrogen and oxygen atoms in total. The Labute approximate surface area is 197 Å². The highest BCUT2D eigenvalue weighted by Crippen LogP contribution is 2.31. The maximum atomic E-state index is 13.0. The Hall–Kier alpha value is -4.47. The Morgan fingerprint density at radius 1 is 0.857 bits per heavy atom. The number of anilines is 2. The van der Waals surface area contributed by atoms with Crippen LogP contribution in [0.3, 0.4) is 0 Å². The van der Waals surface area contributed by atoms with E-state index in [1.165, 1.54) is 42.5 Å². The molecular weight excluding hydrogens is 463 g/mol.